The Kier molecular flexibility index (Phi) is 4.18. The SMILES string of the molecule is O=CNC(CCC(=O)O)Cc1coc2ccccc12. The lowest BCUT2D eigenvalue weighted by atomic mass is 10.0. The summed E-state index contributed by atoms with van der Waals surface area (Å²) in [5.41, 5.74) is 1.76. The highest BCUT2D eigenvalue weighted by Gasteiger charge is 2.14. The van der Waals surface area contributed by atoms with Crippen molar-refractivity contribution in [2.24, 2.45) is 0 Å². The first-order valence-electron chi connectivity index (χ1n) is 6.07. The lowest BCUT2D eigenvalue weighted by molar-refractivity contribution is -0.137. The van der Waals surface area contributed by atoms with E-state index in [2.05, 4.69) is 5.32 Å². The average Bonchev–Trinajstić information content (AvgIpc) is 2.80. The van der Waals surface area contributed by atoms with Crippen molar-refractivity contribution in [1.82, 2.24) is 5.32 Å². The maximum Gasteiger partial charge on any atom is 0.303 e. The summed E-state index contributed by atoms with van der Waals surface area (Å²) >= 11 is 0. The highest BCUT2D eigenvalue weighted by molar-refractivity contribution is 5.80. The Bertz CT molecular complexity index is 576. The lowest BCUT2D eigenvalue weighted by Crippen LogP contribution is -2.30. The van der Waals surface area contributed by atoms with E-state index in [4.69, 9.17) is 9.52 Å². The van der Waals surface area contributed by atoms with Gasteiger partial charge in [0.05, 0.1) is 6.26 Å². The molecule has 19 heavy (non-hydrogen) atoms. The predicted octanol–water partition coefficient (Wildman–Crippen LogP) is 1.95. The predicted molar refractivity (Wildman–Crippen MR) is 69.8 cm³/mol. The average molecular weight is 261 g/mol. The summed E-state index contributed by atoms with van der Waals surface area (Å²) in [5.74, 6) is -0.866. The van der Waals surface area contributed by atoms with Gasteiger partial charge >= 0.3 is 5.97 Å². The van der Waals surface area contributed by atoms with Gasteiger partial charge in [0.2, 0.25) is 6.41 Å². The topological polar surface area (TPSA) is 79.5 Å². The van der Waals surface area contributed by atoms with Crippen LogP contribution in [0.15, 0.2) is 34.9 Å². The summed E-state index contributed by atoms with van der Waals surface area (Å²) in [6.45, 7) is 0. The Morgan fingerprint density at radius 3 is 2.95 bits per heavy atom. The molecular weight excluding hydrogens is 246 g/mol. The number of carbonyl (C=O) groups excluding carboxylic acids is 1. The molecule has 0 saturated carbocycles. The second-order valence-corrected chi connectivity index (χ2v) is 4.38. The van der Waals surface area contributed by atoms with Gasteiger partial charge < -0.3 is 14.8 Å². The number of nitrogens with one attached hydrogen (secondary N) is 1. The molecule has 100 valence electrons. The van der Waals surface area contributed by atoms with E-state index in [0.29, 0.717) is 19.3 Å². The minimum Gasteiger partial charge on any atom is -0.481 e. The van der Waals surface area contributed by atoms with Crippen LogP contribution in [0, 0.1) is 0 Å². The maximum absolute atomic E-state index is 10.6. The van der Waals surface area contributed by atoms with Crippen molar-refractivity contribution in [2.45, 2.75) is 25.3 Å². The molecule has 2 N–H and O–H groups in total. The standard InChI is InChI=1S/C14H15NO4/c16-9-15-11(5-6-14(17)18)7-10-8-19-13-4-2-1-3-12(10)13/h1-4,8-9,11H,5-7H2,(H,15,16)(H,17,18). The van der Waals surface area contributed by atoms with Gasteiger partial charge in [0.1, 0.15) is 5.58 Å². The van der Waals surface area contributed by atoms with Gasteiger partial charge in [-0.05, 0) is 18.9 Å². The third kappa shape index (κ3) is 3.34. The third-order valence-electron chi connectivity index (χ3n) is 3.04. The molecule has 2 rings (SSSR count). The number of hydrogen-bond donors (Lipinski definition) is 2. The monoisotopic (exact) mass is 261 g/mol. The van der Waals surface area contributed by atoms with Crippen LogP contribution in [0.2, 0.25) is 0 Å². The van der Waals surface area contributed by atoms with E-state index in [1.165, 1.54) is 0 Å². The Labute approximate surface area is 110 Å². The fourth-order valence-electron chi connectivity index (χ4n) is 2.09. The van der Waals surface area contributed by atoms with Crippen molar-refractivity contribution in [3.05, 3.63) is 36.1 Å². The molecule has 0 bridgehead atoms. The molecule has 5 heteroatoms. The smallest absolute Gasteiger partial charge is 0.303 e. The number of benzene rings is 1. The first-order chi connectivity index (χ1) is 9.20. The van der Waals surface area contributed by atoms with Crippen LogP contribution < -0.4 is 5.32 Å². The minimum absolute atomic E-state index is 0.0291. The molecule has 0 fully saturated rings. The first kappa shape index (κ1) is 13.1. The molecule has 1 heterocycles. The van der Waals surface area contributed by atoms with Gasteiger partial charge in [0, 0.05) is 23.4 Å². The summed E-state index contributed by atoms with van der Waals surface area (Å²) in [6.07, 6.45) is 3.25. The molecule has 0 radical (unpaired) electrons. The van der Waals surface area contributed by atoms with Gasteiger partial charge in [-0.15, -0.1) is 0 Å². The number of para-hydroxylation sites is 1. The molecule has 0 spiro atoms. The van der Waals surface area contributed by atoms with Crippen molar-refractivity contribution in [2.75, 3.05) is 0 Å². The van der Waals surface area contributed by atoms with E-state index in [0.717, 1.165) is 16.5 Å². The van der Waals surface area contributed by atoms with Crippen molar-refractivity contribution in [3.63, 3.8) is 0 Å². The Balaban J connectivity index is 2.11. The normalized spacial score (nSPS) is 12.2. The van der Waals surface area contributed by atoms with Crippen LogP contribution in [0.1, 0.15) is 18.4 Å². The number of carbonyl (C=O) groups is 2. The van der Waals surface area contributed by atoms with Crippen LogP contribution in [-0.2, 0) is 16.0 Å². The summed E-state index contributed by atoms with van der Waals surface area (Å²) < 4.78 is 5.42. The second-order valence-electron chi connectivity index (χ2n) is 4.38. The van der Waals surface area contributed by atoms with E-state index in [9.17, 15) is 9.59 Å². The van der Waals surface area contributed by atoms with Gasteiger partial charge in [0.15, 0.2) is 0 Å². The van der Waals surface area contributed by atoms with Crippen LogP contribution in [0.4, 0.5) is 0 Å². The van der Waals surface area contributed by atoms with Crippen molar-refractivity contribution in [3.8, 4) is 0 Å². The van der Waals surface area contributed by atoms with Crippen LogP contribution in [0.25, 0.3) is 11.0 Å². The zero-order chi connectivity index (χ0) is 13.7. The summed E-state index contributed by atoms with van der Waals surface area (Å²) in [6, 6.07) is 7.43. The molecule has 5 nitrogen and oxygen atoms in total. The van der Waals surface area contributed by atoms with Gasteiger partial charge in [-0.1, -0.05) is 18.2 Å². The minimum atomic E-state index is -0.866. The number of hydrogen-bond acceptors (Lipinski definition) is 3. The number of carboxylic acids is 1. The van der Waals surface area contributed by atoms with Crippen LogP contribution in [0.5, 0.6) is 0 Å². The fraction of sp³-hybridized carbons (Fsp3) is 0.286. The number of carboxylic acid groups (broad SMARTS) is 1. The molecule has 1 aromatic carbocycles. The second kappa shape index (κ2) is 6.04. The van der Waals surface area contributed by atoms with Crippen LogP contribution in [-0.4, -0.2) is 23.5 Å². The molecule has 0 aliphatic carbocycles. The van der Waals surface area contributed by atoms with E-state index < -0.39 is 5.97 Å². The highest BCUT2D eigenvalue weighted by atomic mass is 16.4. The Morgan fingerprint density at radius 2 is 2.21 bits per heavy atom. The molecule has 2 aromatic rings. The third-order valence-corrected chi connectivity index (χ3v) is 3.04. The molecule has 1 atom stereocenters. The summed E-state index contributed by atoms with van der Waals surface area (Å²) in [7, 11) is 0. The van der Waals surface area contributed by atoms with E-state index >= 15 is 0 Å². The quantitative estimate of drug-likeness (QED) is 0.747. The lowest BCUT2D eigenvalue weighted by Gasteiger charge is -2.14. The first-order valence-corrected chi connectivity index (χ1v) is 6.07. The van der Waals surface area contributed by atoms with Gasteiger partial charge in [0.25, 0.3) is 0 Å². The van der Waals surface area contributed by atoms with Crippen molar-refractivity contribution < 1.29 is 19.1 Å². The van der Waals surface area contributed by atoms with Gasteiger partial charge in [-0.3, -0.25) is 9.59 Å². The number of rotatable bonds is 7. The fourth-order valence-corrected chi connectivity index (χ4v) is 2.09. The van der Waals surface area contributed by atoms with E-state index in [1.54, 1.807) is 6.26 Å². The van der Waals surface area contributed by atoms with Crippen LogP contribution >= 0.6 is 0 Å². The Morgan fingerprint density at radius 1 is 1.42 bits per heavy atom. The largest absolute Gasteiger partial charge is 0.481 e. The molecule has 1 amide bonds. The van der Waals surface area contributed by atoms with E-state index in [-0.39, 0.29) is 12.5 Å². The Hall–Kier alpha value is -2.30. The number of fused-ring (bicyclic) bond motifs is 1. The van der Waals surface area contributed by atoms with Crippen molar-refractivity contribution in [1.29, 1.82) is 0 Å². The van der Waals surface area contributed by atoms with Crippen molar-refractivity contribution >= 4 is 23.3 Å². The number of furan rings is 1. The zero-order valence-electron chi connectivity index (χ0n) is 10.3. The zero-order valence-corrected chi connectivity index (χ0v) is 10.3. The molecule has 0 aliphatic heterocycles. The molecule has 1 aromatic heterocycles. The maximum atomic E-state index is 10.6. The van der Waals surface area contributed by atoms with E-state index in [1.807, 2.05) is 24.3 Å². The number of aliphatic carboxylic acids is 1. The highest BCUT2D eigenvalue weighted by Crippen LogP contribution is 2.22. The van der Waals surface area contributed by atoms with Gasteiger partial charge in [-0.2, -0.15) is 0 Å². The van der Waals surface area contributed by atoms with Crippen LogP contribution in [0.3, 0.4) is 0 Å². The molecule has 0 aliphatic rings. The molecular formula is C14H15NO4. The summed E-state index contributed by atoms with van der Waals surface area (Å²) in [5, 5.41) is 12.3. The number of amides is 1. The molecule has 0 saturated heterocycles. The summed E-state index contributed by atoms with van der Waals surface area (Å²) in [4.78, 5) is 21.2. The van der Waals surface area contributed by atoms with Gasteiger partial charge in [-0.25, -0.2) is 0 Å². The molecule has 1 unspecified atom stereocenters.